The third kappa shape index (κ3) is 5.91. The number of carbonyl (C=O) groups excluding carboxylic acids is 3. The van der Waals surface area contributed by atoms with Gasteiger partial charge in [-0.3, -0.25) is 9.59 Å². The number of benzene rings is 2. The number of hydrogen-bond donors (Lipinski definition) is 3. The normalized spacial score (nSPS) is 11.7. The van der Waals surface area contributed by atoms with Gasteiger partial charge >= 0.3 is 5.97 Å². The summed E-state index contributed by atoms with van der Waals surface area (Å²) in [6.45, 7) is 0.730. The number of nitrogens with one attached hydrogen (secondary N) is 3. The van der Waals surface area contributed by atoms with Gasteiger partial charge in [-0.05, 0) is 23.8 Å². The zero-order valence-corrected chi connectivity index (χ0v) is 18.6. The smallest absolute Gasteiger partial charge is 0.329 e. The summed E-state index contributed by atoms with van der Waals surface area (Å²) in [5, 5.41) is 6.63. The Hall–Kier alpha value is -2.74. The molecule has 0 aliphatic carbocycles. The third-order valence-electron chi connectivity index (χ3n) is 4.39. The largest absolute Gasteiger partial charge is 0.454 e. The zero-order valence-electron chi connectivity index (χ0n) is 16.3. The van der Waals surface area contributed by atoms with Gasteiger partial charge in [0.2, 0.25) is 5.91 Å². The van der Waals surface area contributed by atoms with E-state index in [-0.39, 0.29) is 27.2 Å². The lowest BCUT2D eigenvalue weighted by Gasteiger charge is -2.17. The number of fused-ring (bicyclic) bond motifs is 1. The van der Waals surface area contributed by atoms with Gasteiger partial charge < -0.3 is 20.4 Å². The number of esters is 1. The number of rotatable bonds is 7. The number of anilines is 1. The van der Waals surface area contributed by atoms with Gasteiger partial charge in [0.15, 0.2) is 6.61 Å². The van der Waals surface area contributed by atoms with E-state index in [1.165, 1.54) is 19.1 Å². The molecule has 2 amide bonds. The third-order valence-corrected chi connectivity index (χ3v) is 5.43. The molecule has 3 aromatic rings. The van der Waals surface area contributed by atoms with Crippen molar-refractivity contribution < 1.29 is 19.1 Å². The Bertz CT molecular complexity index is 1150. The van der Waals surface area contributed by atoms with Crippen LogP contribution in [0.4, 0.5) is 5.69 Å². The fraction of sp³-hybridized carbons (Fsp3) is 0.190. The lowest BCUT2D eigenvalue weighted by atomic mass is 10.0. The van der Waals surface area contributed by atoms with Crippen LogP contribution in [0.2, 0.25) is 15.1 Å². The Morgan fingerprint density at radius 1 is 1.06 bits per heavy atom. The molecule has 0 aliphatic rings. The standard InChI is InChI=1S/C21H18Cl3N3O4/c1-11(28)26-19(6-12-9-25-17-5-3-2-4-13(12)17)21(30)31-10-20(29)27-18-8-15(23)14(22)7-16(18)24/h2-5,7-9,19,25H,6,10H2,1H3,(H,26,28)(H,27,29). The Balaban J connectivity index is 1.64. The molecule has 162 valence electrons. The van der Waals surface area contributed by atoms with Crippen LogP contribution in [0.15, 0.2) is 42.6 Å². The number of ether oxygens (including phenoxy) is 1. The summed E-state index contributed by atoms with van der Waals surface area (Å²) in [4.78, 5) is 39.5. The predicted molar refractivity (Wildman–Crippen MR) is 121 cm³/mol. The molecule has 0 spiro atoms. The van der Waals surface area contributed by atoms with Gasteiger partial charge in [-0.2, -0.15) is 0 Å². The van der Waals surface area contributed by atoms with Gasteiger partial charge in [-0.1, -0.05) is 53.0 Å². The molecule has 0 saturated carbocycles. The van der Waals surface area contributed by atoms with Crippen LogP contribution in [0.1, 0.15) is 12.5 Å². The molecule has 10 heteroatoms. The maximum Gasteiger partial charge on any atom is 0.329 e. The molecule has 2 aromatic carbocycles. The van der Waals surface area contributed by atoms with E-state index in [0.29, 0.717) is 0 Å². The summed E-state index contributed by atoms with van der Waals surface area (Å²) < 4.78 is 5.12. The van der Waals surface area contributed by atoms with Crippen molar-refractivity contribution in [2.75, 3.05) is 11.9 Å². The second-order valence-electron chi connectivity index (χ2n) is 6.72. The van der Waals surface area contributed by atoms with Crippen LogP contribution >= 0.6 is 34.8 Å². The topological polar surface area (TPSA) is 100 Å². The highest BCUT2D eigenvalue weighted by molar-refractivity contribution is 6.44. The average Bonchev–Trinajstić information content (AvgIpc) is 3.12. The van der Waals surface area contributed by atoms with Gasteiger partial charge in [0.05, 0.1) is 20.8 Å². The highest BCUT2D eigenvalue weighted by atomic mass is 35.5. The monoisotopic (exact) mass is 481 g/mol. The zero-order chi connectivity index (χ0) is 22.5. The number of amides is 2. The molecule has 3 N–H and O–H groups in total. The molecule has 1 atom stereocenters. The number of hydrogen-bond acceptors (Lipinski definition) is 4. The van der Waals surface area contributed by atoms with Crippen molar-refractivity contribution in [3.05, 3.63) is 63.2 Å². The predicted octanol–water partition coefficient (Wildman–Crippen LogP) is 4.36. The second kappa shape index (κ2) is 10.0. The molecule has 0 bridgehead atoms. The lowest BCUT2D eigenvalue weighted by molar-refractivity contribution is -0.150. The van der Waals surface area contributed by atoms with Crippen molar-refractivity contribution in [2.24, 2.45) is 0 Å². The first kappa shape index (κ1) is 22.9. The number of para-hydroxylation sites is 1. The van der Waals surface area contributed by atoms with E-state index >= 15 is 0 Å². The number of aromatic nitrogens is 1. The first-order valence-electron chi connectivity index (χ1n) is 9.17. The minimum Gasteiger partial charge on any atom is -0.454 e. The molecule has 1 unspecified atom stereocenters. The molecule has 1 heterocycles. The minimum absolute atomic E-state index is 0.185. The van der Waals surface area contributed by atoms with Gasteiger partial charge in [0.25, 0.3) is 5.91 Å². The van der Waals surface area contributed by atoms with Crippen molar-refractivity contribution >= 4 is 69.2 Å². The molecular formula is C21H18Cl3N3O4. The van der Waals surface area contributed by atoms with Crippen molar-refractivity contribution in [1.82, 2.24) is 10.3 Å². The van der Waals surface area contributed by atoms with Crippen LogP contribution in [0.3, 0.4) is 0 Å². The summed E-state index contributed by atoms with van der Waals surface area (Å²) in [6, 6.07) is 9.40. The van der Waals surface area contributed by atoms with Crippen LogP contribution in [-0.2, 0) is 25.5 Å². The number of aromatic amines is 1. The van der Waals surface area contributed by atoms with Crippen LogP contribution in [0, 0.1) is 0 Å². The molecule has 0 saturated heterocycles. The molecule has 0 aliphatic heterocycles. The van der Waals surface area contributed by atoms with E-state index < -0.39 is 30.4 Å². The molecule has 7 nitrogen and oxygen atoms in total. The molecule has 3 rings (SSSR count). The molecule has 0 fully saturated rings. The number of carbonyl (C=O) groups is 3. The van der Waals surface area contributed by atoms with Crippen molar-refractivity contribution in [3.63, 3.8) is 0 Å². The summed E-state index contributed by atoms with van der Waals surface area (Å²) in [7, 11) is 0. The van der Waals surface area contributed by atoms with E-state index in [4.69, 9.17) is 39.5 Å². The van der Waals surface area contributed by atoms with Gasteiger partial charge in [-0.15, -0.1) is 0 Å². The van der Waals surface area contributed by atoms with Crippen LogP contribution < -0.4 is 10.6 Å². The fourth-order valence-corrected chi connectivity index (χ4v) is 3.60. The Labute approximate surface area is 193 Å². The Morgan fingerprint density at radius 3 is 2.52 bits per heavy atom. The fourth-order valence-electron chi connectivity index (χ4n) is 3.00. The number of H-pyrrole nitrogens is 1. The van der Waals surface area contributed by atoms with Crippen LogP contribution in [-0.4, -0.2) is 35.4 Å². The Kier molecular flexibility index (Phi) is 7.43. The molecule has 0 radical (unpaired) electrons. The Morgan fingerprint density at radius 2 is 1.77 bits per heavy atom. The maximum atomic E-state index is 12.6. The average molecular weight is 483 g/mol. The number of halogens is 3. The van der Waals surface area contributed by atoms with Crippen LogP contribution in [0.5, 0.6) is 0 Å². The van der Waals surface area contributed by atoms with E-state index in [9.17, 15) is 14.4 Å². The van der Waals surface area contributed by atoms with E-state index in [0.717, 1.165) is 16.5 Å². The summed E-state index contributed by atoms with van der Waals surface area (Å²) >= 11 is 17.8. The van der Waals surface area contributed by atoms with Crippen molar-refractivity contribution in [3.8, 4) is 0 Å². The summed E-state index contributed by atoms with van der Waals surface area (Å²) in [6.07, 6.45) is 1.97. The molecule has 1 aromatic heterocycles. The maximum absolute atomic E-state index is 12.6. The quantitative estimate of drug-likeness (QED) is 0.344. The van der Waals surface area contributed by atoms with Gasteiger partial charge in [0, 0.05) is 30.4 Å². The van der Waals surface area contributed by atoms with Gasteiger partial charge in [0.1, 0.15) is 6.04 Å². The minimum atomic E-state index is -0.960. The highest BCUT2D eigenvalue weighted by Crippen LogP contribution is 2.32. The first-order chi connectivity index (χ1) is 14.7. The van der Waals surface area contributed by atoms with E-state index in [2.05, 4.69) is 15.6 Å². The summed E-state index contributed by atoms with van der Waals surface area (Å²) in [5.41, 5.74) is 1.97. The van der Waals surface area contributed by atoms with E-state index in [1.54, 1.807) is 6.20 Å². The SMILES string of the molecule is CC(=O)NC(Cc1c[nH]c2ccccc12)C(=O)OCC(=O)Nc1cc(Cl)c(Cl)cc1Cl. The second-order valence-corrected chi connectivity index (χ2v) is 7.94. The van der Waals surface area contributed by atoms with Crippen molar-refractivity contribution in [2.45, 2.75) is 19.4 Å². The summed E-state index contributed by atoms with van der Waals surface area (Å²) in [5.74, 6) is -1.76. The molecule has 31 heavy (non-hydrogen) atoms. The van der Waals surface area contributed by atoms with E-state index in [1.807, 2.05) is 24.3 Å². The highest BCUT2D eigenvalue weighted by Gasteiger charge is 2.24. The van der Waals surface area contributed by atoms with Gasteiger partial charge in [-0.25, -0.2) is 4.79 Å². The first-order valence-corrected chi connectivity index (χ1v) is 10.3. The molecular weight excluding hydrogens is 465 g/mol. The van der Waals surface area contributed by atoms with Crippen molar-refractivity contribution in [1.29, 1.82) is 0 Å². The lowest BCUT2D eigenvalue weighted by Crippen LogP contribution is -2.43. The van der Waals surface area contributed by atoms with Crippen LogP contribution in [0.25, 0.3) is 10.9 Å².